The van der Waals surface area contributed by atoms with E-state index in [1.54, 1.807) is 48.5 Å². The zero-order valence-electron chi connectivity index (χ0n) is 26.6. The molecule has 3 aromatic carbocycles. The second-order valence-electron chi connectivity index (χ2n) is 11.1. The van der Waals surface area contributed by atoms with Crippen molar-refractivity contribution in [3.63, 3.8) is 0 Å². The minimum Gasteiger partial charge on any atom is -0.484 e. The second-order valence-corrected chi connectivity index (χ2v) is 11.1. The van der Waals surface area contributed by atoms with E-state index in [-0.39, 0.29) is 17.1 Å². The van der Waals surface area contributed by atoms with Crippen LogP contribution in [0, 0.1) is 0 Å². The molecule has 0 spiro atoms. The Balaban J connectivity index is 1.18. The molecule has 0 aromatic heterocycles. The quantitative estimate of drug-likeness (QED) is 0.0428. The molecule has 9 nitrogen and oxygen atoms in total. The van der Waals surface area contributed by atoms with Gasteiger partial charge in [-0.2, -0.15) is 13.2 Å². The smallest absolute Gasteiger partial charge is 0.422 e. The molecule has 258 valence electrons. The fourth-order valence-electron chi connectivity index (χ4n) is 4.53. The van der Waals surface area contributed by atoms with Crippen LogP contribution >= 0.6 is 0 Å². The van der Waals surface area contributed by atoms with Crippen LogP contribution in [0.25, 0.3) is 6.08 Å². The lowest BCUT2D eigenvalue weighted by molar-refractivity contribution is -0.153. The van der Waals surface area contributed by atoms with Crippen molar-refractivity contribution in [3.05, 3.63) is 89.5 Å². The first kappa shape index (κ1) is 37.5. The fraction of sp³-hybridized carbons (Fsp3) is 0.361. The Morgan fingerprint density at radius 2 is 1.15 bits per heavy atom. The average Bonchev–Trinajstić information content (AvgIpc) is 3.05. The highest BCUT2D eigenvalue weighted by molar-refractivity contribution is 5.92. The molecule has 0 radical (unpaired) electrons. The lowest BCUT2D eigenvalue weighted by Gasteiger charge is -2.09. The number of hydrogen-bond acceptors (Lipinski definition) is 9. The van der Waals surface area contributed by atoms with Crippen LogP contribution in [0.3, 0.4) is 0 Å². The molecule has 0 aliphatic heterocycles. The lowest BCUT2D eigenvalue weighted by Crippen LogP contribution is -2.19. The molecule has 0 aliphatic rings. The van der Waals surface area contributed by atoms with Crippen molar-refractivity contribution in [1.82, 2.24) is 0 Å². The molecule has 4 N–H and O–H groups in total. The third-order valence-electron chi connectivity index (χ3n) is 6.97. The number of unbranched alkanes of at least 4 members (excludes halogenated alkanes) is 8. The van der Waals surface area contributed by atoms with Gasteiger partial charge < -0.3 is 30.4 Å². The Hall–Kier alpha value is -5.00. The Bertz CT molecular complexity index is 1470. The van der Waals surface area contributed by atoms with Gasteiger partial charge in [0.05, 0.1) is 24.3 Å². The van der Waals surface area contributed by atoms with Crippen LogP contribution in [0.4, 0.5) is 24.5 Å². The van der Waals surface area contributed by atoms with Crippen LogP contribution in [-0.2, 0) is 14.3 Å². The maximum Gasteiger partial charge on any atom is 0.422 e. The minimum atomic E-state index is -4.46. The molecule has 0 saturated carbocycles. The number of anilines is 2. The van der Waals surface area contributed by atoms with Gasteiger partial charge in [-0.3, -0.25) is 0 Å². The number of benzene rings is 3. The van der Waals surface area contributed by atoms with Crippen molar-refractivity contribution in [1.29, 1.82) is 0 Å². The number of alkyl halides is 3. The topological polar surface area (TPSA) is 140 Å². The third kappa shape index (κ3) is 15.1. The van der Waals surface area contributed by atoms with Gasteiger partial charge in [-0.1, -0.05) is 57.1 Å². The Morgan fingerprint density at radius 3 is 1.71 bits per heavy atom. The number of esters is 3. The number of ether oxygens (including phenoxy) is 4. The monoisotopic (exact) mass is 670 g/mol. The van der Waals surface area contributed by atoms with Crippen LogP contribution in [0.5, 0.6) is 11.5 Å². The number of carbonyl (C=O) groups excluding carboxylic acids is 3. The molecule has 0 amide bonds. The number of hydrogen-bond donors (Lipinski definition) is 2. The molecular formula is C36H41F3N2O7. The summed E-state index contributed by atoms with van der Waals surface area (Å²) in [4.78, 5) is 36.4. The van der Waals surface area contributed by atoms with Crippen LogP contribution in [0.15, 0.2) is 72.8 Å². The standard InChI is InChI=1S/C36H41F3N2O7/c37-36(38,39)25-47-31-17-13-27(14-18-31)35(44)48-32-15-10-26(11-16-32)12-19-33(42)45-20-8-6-4-2-1-3-5-7-9-21-46-34(43)28-22-29(40)24-30(41)23-28/h10-19,22-24H,1-9,20-21,25,40-41H2/b19-12+. The van der Waals surface area contributed by atoms with Gasteiger partial charge in [0, 0.05) is 17.5 Å². The summed E-state index contributed by atoms with van der Waals surface area (Å²) in [5.74, 6) is -1.30. The molecule has 12 heteroatoms. The summed E-state index contributed by atoms with van der Waals surface area (Å²) in [5.41, 5.74) is 13.5. The molecule has 48 heavy (non-hydrogen) atoms. The third-order valence-corrected chi connectivity index (χ3v) is 6.97. The van der Waals surface area contributed by atoms with E-state index in [4.69, 9.17) is 25.7 Å². The summed E-state index contributed by atoms with van der Waals surface area (Å²) < 4.78 is 57.3. The maximum atomic E-state index is 12.3. The summed E-state index contributed by atoms with van der Waals surface area (Å²) in [6, 6.07) is 16.3. The molecule has 0 atom stereocenters. The predicted octanol–water partition coefficient (Wildman–Crippen LogP) is 7.94. The minimum absolute atomic E-state index is 0.0178. The van der Waals surface area contributed by atoms with Gasteiger partial charge in [-0.15, -0.1) is 0 Å². The van der Waals surface area contributed by atoms with E-state index in [0.29, 0.717) is 35.7 Å². The first-order chi connectivity index (χ1) is 23.0. The van der Waals surface area contributed by atoms with E-state index in [1.165, 1.54) is 30.3 Å². The van der Waals surface area contributed by atoms with Crippen LogP contribution < -0.4 is 20.9 Å². The molecule has 0 saturated heterocycles. The summed E-state index contributed by atoms with van der Waals surface area (Å²) in [5, 5.41) is 0. The van der Waals surface area contributed by atoms with E-state index in [9.17, 15) is 27.6 Å². The molecule has 3 rings (SSSR count). The summed E-state index contributed by atoms with van der Waals surface area (Å²) in [7, 11) is 0. The van der Waals surface area contributed by atoms with E-state index < -0.39 is 30.7 Å². The van der Waals surface area contributed by atoms with E-state index in [1.807, 2.05) is 0 Å². The lowest BCUT2D eigenvalue weighted by atomic mass is 10.1. The molecule has 0 unspecified atom stereocenters. The zero-order chi connectivity index (χ0) is 34.8. The summed E-state index contributed by atoms with van der Waals surface area (Å²) in [6.07, 6.45) is 7.50. The number of nitrogens with two attached hydrogens (primary N) is 2. The van der Waals surface area contributed by atoms with Gasteiger partial charge in [0.25, 0.3) is 0 Å². The Labute approximate surface area is 278 Å². The van der Waals surface area contributed by atoms with Crippen LogP contribution in [0.1, 0.15) is 84.1 Å². The number of halogens is 3. The van der Waals surface area contributed by atoms with Gasteiger partial charge in [-0.05, 0) is 79.1 Å². The number of nitrogen functional groups attached to an aromatic ring is 2. The first-order valence-electron chi connectivity index (χ1n) is 15.8. The van der Waals surface area contributed by atoms with E-state index in [0.717, 1.165) is 57.8 Å². The molecule has 0 bridgehead atoms. The van der Waals surface area contributed by atoms with Gasteiger partial charge in [0.2, 0.25) is 0 Å². The summed E-state index contributed by atoms with van der Waals surface area (Å²) >= 11 is 0. The van der Waals surface area contributed by atoms with Crippen molar-refractivity contribution in [3.8, 4) is 11.5 Å². The maximum absolute atomic E-state index is 12.3. The second kappa shape index (κ2) is 19.6. The molecular weight excluding hydrogens is 629 g/mol. The predicted molar refractivity (Wildman–Crippen MR) is 176 cm³/mol. The zero-order valence-corrected chi connectivity index (χ0v) is 26.6. The largest absolute Gasteiger partial charge is 0.484 e. The van der Waals surface area contributed by atoms with Gasteiger partial charge in [0.1, 0.15) is 11.5 Å². The molecule has 0 aliphatic carbocycles. The highest BCUT2D eigenvalue weighted by atomic mass is 19.4. The van der Waals surface area contributed by atoms with Gasteiger partial charge in [-0.25, -0.2) is 14.4 Å². The van der Waals surface area contributed by atoms with Gasteiger partial charge in [0.15, 0.2) is 6.61 Å². The Kier molecular flexibility index (Phi) is 15.3. The number of rotatable bonds is 19. The van der Waals surface area contributed by atoms with Crippen molar-refractivity contribution in [2.45, 2.75) is 64.0 Å². The molecule has 3 aromatic rings. The van der Waals surface area contributed by atoms with Crippen molar-refractivity contribution in [2.75, 3.05) is 31.3 Å². The van der Waals surface area contributed by atoms with Crippen LogP contribution in [-0.4, -0.2) is 43.9 Å². The fourth-order valence-corrected chi connectivity index (χ4v) is 4.53. The van der Waals surface area contributed by atoms with E-state index in [2.05, 4.69) is 4.74 Å². The van der Waals surface area contributed by atoms with Crippen LogP contribution in [0.2, 0.25) is 0 Å². The van der Waals surface area contributed by atoms with Crippen molar-refractivity contribution >= 4 is 35.4 Å². The normalized spacial score (nSPS) is 11.3. The highest BCUT2D eigenvalue weighted by Gasteiger charge is 2.28. The van der Waals surface area contributed by atoms with Crippen molar-refractivity contribution in [2.24, 2.45) is 0 Å². The average molecular weight is 671 g/mol. The number of carbonyl (C=O) groups is 3. The van der Waals surface area contributed by atoms with E-state index >= 15 is 0 Å². The Morgan fingerprint density at radius 1 is 0.625 bits per heavy atom. The molecule has 0 heterocycles. The first-order valence-corrected chi connectivity index (χ1v) is 15.8. The van der Waals surface area contributed by atoms with Gasteiger partial charge >= 0.3 is 24.1 Å². The summed E-state index contributed by atoms with van der Waals surface area (Å²) in [6.45, 7) is -0.718. The van der Waals surface area contributed by atoms with Crippen molar-refractivity contribution < 1.29 is 46.5 Å². The SMILES string of the molecule is Nc1cc(N)cc(C(=O)OCCCCCCCCCCCOC(=O)/C=C/c2ccc(OC(=O)c3ccc(OCC(F)(F)F)cc3)cc2)c1. The molecule has 0 fully saturated rings. The highest BCUT2D eigenvalue weighted by Crippen LogP contribution is 2.21.